The van der Waals surface area contributed by atoms with Gasteiger partial charge in [0.15, 0.2) is 5.03 Å². The molecular weight excluding hydrogens is 302 g/mol. The van der Waals surface area contributed by atoms with E-state index in [-0.39, 0.29) is 11.4 Å². The van der Waals surface area contributed by atoms with Crippen LogP contribution < -0.4 is 4.72 Å². The Kier molecular flexibility index (Phi) is 5.44. The molecule has 1 rings (SSSR count). The van der Waals surface area contributed by atoms with Gasteiger partial charge in [-0.2, -0.15) is 4.72 Å². The first kappa shape index (κ1) is 17.1. The molecule has 1 atom stereocenters. The van der Waals surface area contributed by atoms with Crippen molar-refractivity contribution >= 4 is 22.0 Å². The van der Waals surface area contributed by atoms with Gasteiger partial charge in [-0.15, -0.1) is 0 Å². The molecule has 1 unspecified atom stereocenters. The molecule has 21 heavy (non-hydrogen) atoms. The van der Waals surface area contributed by atoms with Crippen molar-refractivity contribution < 1.29 is 28.2 Å². The molecular formula is C11H17N3O6S. The Bertz CT molecular complexity index is 636. The minimum absolute atomic E-state index is 0.288. The van der Waals surface area contributed by atoms with Crippen molar-refractivity contribution in [3.63, 3.8) is 0 Å². The third kappa shape index (κ3) is 4.53. The third-order valence-electron chi connectivity index (χ3n) is 2.81. The van der Waals surface area contributed by atoms with E-state index in [1.165, 1.54) is 6.20 Å². The van der Waals surface area contributed by atoms with Crippen LogP contribution in [0.5, 0.6) is 0 Å². The molecule has 0 aromatic carbocycles. The van der Waals surface area contributed by atoms with Crippen molar-refractivity contribution in [2.75, 3.05) is 0 Å². The van der Waals surface area contributed by atoms with E-state index in [9.17, 15) is 18.0 Å². The SMILES string of the molecule is CCn1cc(S(=O)(=O)NC(CCC(=O)O)C(=O)O)nc1C. The minimum Gasteiger partial charge on any atom is -0.481 e. The molecule has 1 aromatic heterocycles. The topological polar surface area (TPSA) is 139 Å². The predicted octanol–water partition coefficient (Wildman–Crippen LogP) is -0.192. The van der Waals surface area contributed by atoms with Gasteiger partial charge in [0.25, 0.3) is 10.0 Å². The average Bonchev–Trinajstić information content (AvgIpc) is 2.76. The van der Waals surface area contributed by atoms with Crippen LogP contribution in [-0.2, 0) is 26.2 Å². The standard InChI is InChI=1S/C11H17N3O6S/c1-3-14-6-9(12-7(14)2)21(19,20)13-8(11(17)18)4-5-10(15)16/h6,8,13H,3-5H2,1-2H3,(H,15,16)(H,17,18). The number of carbonyl (C=O) groups is 2. The van der Waals surface area contributed by atoms with Gasteiger partial charge in [-0.3, -0.25) is 9.59 Å². The van der Waals surface area contributed by atoms with Crippen LogP contribution in [0.25, 0.3) is 0 Å². The first-order valence-electron chi connectivity index (χ1n) is 6.18. The summed E-state index contributed by atoms with van der Waals surface area (Å²) >= 11 is 0. The second-order valence-electron chi connectivity index (χ2n) is 4.36. The highest BCUT2D eigenvalue weighted by Gasteiger charge is 2.27. The van der Waals surface area contributed by atoms with Gasteiger partial charge in [0.2, 0.25) is 0 Å². The summed E-state index contributed by atoms with van der Waals surface area (Å²) in [4.78, 5) is 25.3. The lowest BCUT2D eigenvalue weighted by Crippen LogP contribution is -2.41. The highest BCUT2D eigenvalue weighted by molar-refractivity contribution is 7.89. The lowest BCUT2D eigenvalue weighted by atomic mass is 10.2. The van der Waals surface area contributed by atoms with Crippen LogP contribution in [0.1, 0.15) is 25.6 Å². The Morgan fingerprint density at radius 2 is 2.05 bits per heavy atom. The molecule has 9 nitrogen and oxygen atoms in total. The fourth-order valence-electron chi connectivity index (χ4n) is 1.68. The summed E-state index contributed by atoms with van der Waals surface area (Å²) in [6, 6.07) is -1.52. The van der Waals surface area contributed by atoms with E-state index in [1.807, 2.05) is 11.6 Å². The van der Waals surface area contributed by atoms with Crippen LogP contribution in [-0.4, -0.2) is 46.2 Å². The van der Waals surface area contributed by atoms with E-state index in [1.54, 1.807) is 11.5 Å². The van der Waals surface area contributed by atoms with Gasteiger partial charge < -0.3 is 14.8 Å². The van der Waals surface area contributed by atoms with E-state index in [4.69, 9.17) is 10.2 Å². The molecule has 0 aliphatic rings. The zero-order valence-corrected chi connectivity index (χ0v) is 12.4. The van der Waals surface area contributed by atoms with Gasteiger partial charge in [0, 0.05) is 19.2 Å². The van der Waals surface area contributed by atoms with Crippen molar-refractivity contribution in [2.24, 2.45) is 0 Å². The van der Waals surface area contributed by atoms with Gasteiger partial charge in [-0.1, -0.05) is 0 Å². The normalized spacial score (nSPS) is 13.0. The molecule has 0 bridgehead atoms. The maximum absolute atomic E-state index is 12.1. The van der Waals surface area contributed by atoms with Crippen LogP contribution in [0.15, 0.2) is 11.2 Å². The van der Waals surface area contributed by atoms with E-state index < -0.39 is 34.4 Å². The van der Waals surface area contributed by atoms with Gasteiger partial charge in [-0.25, -0.2) is 13.4 Å². The maximum Gasteiger partial charge on any atom is 0.321 e. The summed E-state index contributed by atoms with van der Waals surface area (Å²) in [5.41, 5.74) is 0. The van der Waals surface area contributed by atoms with E-state index >= 15 is 0 Å². The smallest absolute Gasteiger partial charge is 0.321 e. The molecule has 3 N–H and O–H groups in total. The number of imidazole rings is 1. The third-order valence-corrected chi connectivity index (χ3v) is 4.15. The van der Waals surface area contributed by atoms with Crippen molar-refractivity contribution in [1.82, 2.24) is 14.3 Å². The maximum atomic E-state index is 12.1. The highest BCUT2D eigenvalue weighted by Crippen LogP contribution is 2.11. The molecule has 0 amide bonds. The first-order chi connectivity index (χ1) is 9.67. The number of carboxylic acid groups (broad SMARTS) is 2. The fraction of sp³-hybridized carbons (Fsp3) is 0.545. The molecule has 0 fully saturated rings. The molecule has 118 valence electrons. The van der Waals surface area contributed by atoms with Crippen LogP contribution in [0.4, 0.5) is 0 Å². The van der Waals surface area contributed by atoms with Crippen LogP contribution in [0.3, 0.4) is 0 Å². The highest BCUT2D eigenvalue weighted by atomic mass is 32.2. The number of aromatic nitrogens is 2. The van der Waals surface area contributed by atoms with Crippen molar-refractivity contribution in [2.45, 2.75) is 44.3 Å². The van der Waals surface area contributed by atoms with Crippen LogP contribution in [0, 0.1) is 6.92 Å². The number of aliphatic carboxylic acids is 2. The number of hydrogen-bond donors (Lipinski definition) is 3. The van der Waals surface area contributed by atoms with E-state index in [0.29, 0.717) is 12.4 Å². The van der Waals surface area contributed by atoms with Crippen LogP contribution >= 0.6 is 0 Å². The summed E-state index contributed by atoms with van der Waals surface area (Å²) in [7, 11) is -4.12. The fourth-order valence-corrected chi connectivity index (χ4v) is 2.91. The second kappa shape index (κ2) is 6.68. The largest absolute Gasteiger partial charge is 0.481 e. The molecule has 1 aromatic rings. The Hall–Kier alpha value is -1.94. The molecule has 0 aliphatic heterocycles. The quantitative estimate of drug-likeness (QED) is 0.603. The van der Waals surface area contributed by atoms with Gasteiger partial charge in [0.05, 0.1) is 0 Å². The minimum atomic E-state index is -4.12. The second-order valence-corrected chi connectivity index (χ2v) is 6.02. The summed E-state index contributed by atoms with van der Waals surface area (Å²) in [6.07, 6.45) is 0.493. The van der Waals surface area contributed by atoms with Crippen molar-refractivity contribution in [3.05, 3.63) is 12.0 Å². The number of nitrogens with one attached hydrogen (secondary N) is 1. The Balaban J connectivity index is 2.94. The van der Waals surface area contributed by atoms with E-state index in [2.05, 4.69) is 4.98 Å². The lowest BCUT2D eigenvalue weighted by Gasteiger charge is -2.12. The molecule has 0 saturated heterocycles. The van der Waals surface area contributed by atoms with Gasteiger partial charge >= 0.3 is 11.9 Å². The van der Waals surface area contributed by atoms with Crippen molar-refractivity contribution in [1.29, 1.82) is 0 Å². The Labute approximate surface area is 121 Å². The average molecular weight is 319 g/mol. The molecule has 1 heterocycles. The molecule has 0 saturated carbocycles. The number of rotatable bonds is 8. The molecule has 0 radical (unpaired) electrons. The number of nitrogens with zero attached hydrogens (tertiary/aromatic N) is 2. The molecule has 0 spiro atoms. The number of hydrogen-bond acceptors (Lipinski definition) is 5. The predicted molar refractivity (Wildman–Crippen MR) is 71.3 cm³/mol. The lowest BCUT2D eigenvalue weighted by molar-refractivity contribution is -0.140. The summed E-state index contributed by atoms with van der Waals surface area (Å²) < 4.78 is 27.7. The summed E-state index contributed by atoms with van der Waals surface area (Å²) in [5, 5.41) is 17.2. The summed E-state index contributed by atoms with van der Waals surface area (Å²) in [5.74, 6) is -2.16. The van der Waals surface area contributed by atoms with Gasteiger partial charge in [-0.05, 0) is 20.3 Å². The molecule has 10 heteroatoms. The number of sulfonamides is 1. The Morgan fingerprint density at radius 1 is 1.43 bits per heavy atom. The monoisotopic (exact) mass is 319 g/mol. The zero-order valence-electron chi connectivity index (χ0n) is 11.6. The Morgan fingerprint density at radius 3 is 2.48 bits per heavy atom. The molecule has 0 aliphatic carbocycles. The summed E-state index contributed by atoms with van der Waals surface area (Å²) in [6.45, 7) is 3.96. The first-order valence-corrected chi connectivity index (χ1v) is 7.66. The van der Waals surface area contributed by atoms with Crippen LogP contribution in [0.2, 0.25) is 0 Å². The number of carboxylic acids is 2. The van der Waals surface area contributed by atoms with Gasteiger partial charge in [0.1, 0.15) is 11.9 Å². The zero-order chi connectivity index (χ0) is 16.2. The number of aryl methyl sites for hydroxylation is 2. The van der Waals surface area contributed by atoms with Crippen molar-refractivity contribution in [3.8, 4) is 0 Å². The van der Waals surface area contributed by atoms with E-state index in [0.717, 1.165) is 0 Å².